The lowest BCUT2D eigenvalue weighted by atomic mass is 10.2. The first kappa shape index (κ1) is 14.7. The number of nitrogens with zero attached hydrogens (tertiary/aromatic N) is 4. The molecule has 0 fully saturated rings. The molecule has 0 saturated carbocycles. The summed E-state index contributed by atoms with van der Waals surface area (Å²) in [5, 5.41) is 19.3. The van der Waals surface area contributed by atoms with Gasteiger partial charge in [0.05, 0.1) is 27.7 Å². The van der Waals surface area contributed by atoms with Crippen LogP contribution in [-0.2, 0) is 13.0 Å². The van der Waals surface area contributed by atoms with Crippen LogP contribution in [0.5, 0.6) is 0 Å². The van der Waals surface area contributed by atoms with Crippen molar-refractivity contribution in [1.82, 2.24) is 15.0 Å². The number of hydrogen-bond donors (Lipinski definition) is 0. The molecule has 106 valence electrons. The zero-order valence-corrected chi connectivity index (χ0v) is 12.0. The van der Waals surface area contributed by atoms with Gasteiger partial charge in [0.15, 0.2) is 0 Å². The van der Waals surface area contributed by atoms with Crippen molar-refractivity contribution >= 4 is 28.9 Å². The molecule has 0 bridgehead atoms. The van der Waals surface area contributed by atoms with Gasteiger partial charge in [-0.15, -0.1) is 16.7 Å². The van der Waals surface area contributed by atoms with Crippen molar-refractivity contribution in [3.05, 3.63) is 50.8 Å². The second-order valence-corrected chi connectivity index (χ2v) is 4.98. The third-order valence-electron chi connectivity index (χ3n) is 2.76. The molecule has 0 amide bonds. The Morgan fingerprint density at radius 3 is 2.90 bits per heavy atom. The predicted octanol–water partition coefficient (Wildman–Crippen LogP) is 3.06. The smallest absolute Gasteiger partial charge is 0.258 e. The predicted molar refractivity (Wildman–Crippen MR) is 76.3 cm³/mol. The molecule has 0 aliphatic carbocycles. The molecule has 0 aliphatic rings. The summed E-state index contributed by atoms with van der Waals surface area (Å²) in [6.07, 6.45) is 3.29. The number of aryl methyl sites for hydroxylation is 1. The van der Waals surface area contributed by atoms with E-state index < -0.39 is 4.92 Å². The molecule has 2 aromatic rings. The van der Waals surface area contributed by atoms with Gasteiger partial charge in [0.1, 0.15) is 0 Å². The minimum atomic E-state index is -0.452. The lowest BCUT2D eigenvalue weighted by molar-refractivity contribution is -0.385. The van der Waals surface area contributed by atoms with Crippen LogP contribution in [0.1, 0.15) is 17.7 Å². The Labute approximate surface area is 125 Å². The van der Waals surface area contributed by atoms with Crippen LogP contribution < -0.4 is 0 Å². The van der Waals surface area contributed by atoms with E-state index in [4.69, 9.17) is 23.2 Å². The van der Waals surface area contributed by atoms with Crippen molar-refractivity contribution in [3.8, 4) is 0 Å². The maximum atomic E-state index is 11.0. The van der Waals surface area contributed by atoms with Crippen LogP contribution in [0.2, 0.25) is 5.02 Å². The molecule has 1 aromatic heterocycles. The Morgan fingerprint density at radius 1 is 1.40 bits per heavy atom. The first-order valence-electron chi connectivity index (χ1n) is 5.98. The quantitative estimate of drug-likeness (QED) is 0.466. The molecule has 0 radical (unpaired) electrons. The van der Waals surface area contributed by atoms with E-state index in [1.54, 1.807) is 18.3 Å². The zero-order chi connectivity index (χ0) is 14.5. The Bertz CT molecular complexity index is 615. The van der Waals surface area contributed by atoms with Crippen LogP contribution in [0, 0.1) is 10.1 Å². The summed E-state index contributed by atoms with van der Waals surface area (Å²) in [5.41, 5.74) is 1.21. The largest absolute Gasteiger partial charge is 0.275 e. The molecule has 2 rings (SSSR count). The molecule has 8 heteroatoms. The summed E-state index contributed by atoms with van der Waals surface area (Å²) < 4.78 is 1.54. The van der Waals surface area contributed by atoms with Crippen molar-refractivity contribution in [1.29, 1.82) is 0 Å². The monoisotopic (exact) mass is 314 g/mol. The van der Waals surface area contributed by atoms with Gasteiger partial charge < -0.3 is 0 Å². The van der Waals surface area contributed by atoms with Gasteiger partial charge in [-0.25, -0.2) is 4.68 Å². The lowest BCUT2D eigenvalue weighted by Gasteiger charge is -2.04. The summed E-state index contributed by atoms with van der Waals surface area (Å²) in [6, 6.07) is 4.60. The summed E-state index contributed by atoms with van der Waals surface area (Å²) >= 11 is 11.6. The van der Waals surface area contributed by atoms with Crippen molar-refractivity contribution in [2.75, 3.05) is 5.88 Å². The summed E-state index contributed by atoms with van der Waals surface area (Å²) in [4.78, 5) is 10.5. The van der Waals surface area contributed by atoms with E-state index in [1.165, 1.54) is 10.7 Å². The van der Waals surface area contributed by atoms with E-state index in [0.717, 1.165) is 18.5 Å². The number of aromatic nitrogens is 3. The number of halogens is 2. The number of rotatable bonds is 6. The average molecular weight is 315 g/mol. The van der Waals surface area contributed by atoms with E-state index in [0.29, 0.717) is 16.5 Å². The first-order valence-corrected chi connectivity index (χ1v) is 6.90. The van der Waals surface area contributed by atoms with Gasteiger partial charge in [-0.2, -0.15) is 0 Å². The average Bonchev–Trinajstić information content (AvgIpc) is 2.86. The molecule has 0 unspecified atom stereocenters. The van der Waals surface area contributed by atoms with Crippen molar-refractivity contribution < 1.29 is 4.92 Å². The number of nitro groups is 1. The molecule has 20 heavy (non-hydrogen) atoms. The normalized spacial score (nSPS) is 10.7. The molecule has 6 nitrogen and oxygen atoms in total. The maximum absolute atomic E-state index is 11.0. The minimum absolute atomic E-state index is 0.0182. The Morgan fingerprint density at radius 2 is 2.20 bits per heavy atom. The fourth-order valence-electron chi connectivity index (χ4n) is 1.82. The highest BCUT2D eigenvalue weighted by molar-refractivity contribution is 6.31. The fourth-order valence-corrected chi connectivity index (χ4v) is 2.18. The van der Waals surface area contributed by atoms with Gasteiger partial charge >= 0.3 is 0 Å². The molecular formula is C12H12Cl2N4O2. The van der Waals surface area contributed by atoms with E-state index in [9.17, 15) is 10.1 Å². The number of alkyl halides is 1. The minimum Gasteiger partial charge on any atom is -0.258 e. The van der Waals surface area contributed by atoms with Crippen LogP contribution >= 0.6 is 23.2 Å². The SMILES string of the molecule is O=[N+]([O-])c1cccc(Cl)c1Cn1cc(CCCCl)nn1. The molecular weight excluding hydrogens is 303 g/mol. The van der Waals surface area contributed by atoms with Gasteiger partial charge in [0.25, 0.3) is 5.69 Å². The van der Waals surface area contributed by atoms with Gasteiger partial charge in [-0.3, -0.25) is 10.1 Å². The second kappa shape index (κ2) is 6.67. The van der Waals surface area contributed by atoms with E-state index in [1.807, 2.05) is 0 Å². The zero-order valence-electron chi connectivity index (χ0n) is 10.5. The van der Waals surface area contributed by atoms with Gasteiger partial charge in [-0.1, -0.05) is 22.9 Å². The van der Waals surface area contributed by atoms with Crippen molar-refractivity contribution in [2.45, 2.75) is 19.4 Å². The topological polar surface area (TPSA) is 73.8 Å². The standard InChI is InChI=1S/C12H12Cl2N4O2/c13-6-2-3-9-7-17(16-15-9)8-10-11(14)4-1-5-12(10)18(19)20/h1,4-5,7H,2-3,6,8H2. The third kappa shape index (κ3) is 3.46. The van der Waals surface area contributed by atoms with E-state index in [-0.39, 0.29) is 12.2 Å². The van der Waals surface area contributed by atoms with Crippen LogP contribution in [0.15, 0.2) is 24.4 Å². The van der Waals surface area contributed by atoms with E-state index >= 15 is 0 Å². The van der Waals surface area contributed by atoms with Crippen molar-refractivity contribution in [3.63, 3.8) is 0 Å². The fraction of sp³-hybridized carbons (Fsp3) is 0.333. The maximum Gasteiger partial charge on any atom is 0.275 e. The number of nitro benzene ring substituents is 1. The highest BCUT2D eigenvalue weighted by Gasteiger charge is 2.17. The van der Waals surface area contributed by atoms with Crippen molar-refractivity contribution in [2.24, 2.45) is 0 Å². The van der Waals surface area contributed by atoms with Crippen LogP contribution in [-0.4, -0.2) is 25.8 Å². The molecule has 0 atom stereocenters. The van der Waals surface area contributed by atoms with Gasteiger partial charge in [-0.05, 0) is 18.9 Å². The Kier molecular flexibility index (Phi) is 4.92. The molecule has 0 aliphatic heterocycles. The van der Waals surface area contributed by atoms with Gasteiger partial charge in [0, 0.05) is 18.1 Å². The Balaban J connectivity index is 2.21. The summed E-state index contributed by atoms with van der Waals surface area (Å²) in [6.45, 7) is 0.212. The molecule has 1 heterocycles. The number of hydrogen-bond acceptors (Lipinski definition) is 4. The third-order valence-corrected chi connectivity index (χ3v) is 3.38. The van der Waals surface area contributed by atoms with E-state index in [2.05, 4.69) is 10.3 Å². The summed E-state index contributed by atoms with van der Waals surface area (Å²) in [7, 11) is 0. The molecule has 0 saturated heterocycles. The van der Waals surface area contributed by atoms with Crippen LogP contribution in [0.4, 0.5) is 5.69 Å². The first-order chi connectivity index (χ1) is 9.61. The highest BCUT2D eigenvalue weighted by atomic mass is 35.5. The Hall–Kier alpha value is -1.66. The number of benzene rings is 1. The van der Waals surface area contributed by atoms with Crippen LogP contribution in [0.3, 0.4) is 0 Å². The second-order valence-electron chi connectivity index (χ2n) is 4.19. The van der Waals surface area contributed by atoms with Gasteiger partial charge in [0.2, 0.25) is 0 Å². The lowest BCUT2D eigenvalue weighted by Crippen LogP contribution is -2.04. The highest BCUT2D eigenvalue weighted by Crippen LogP contribution is 2.26. The molecule has 1 aromatic carbocycles. The van der Waals surface area contributed by atoms with Crippen LogP contribution in [0.25, 0.3) is 0 Å². The molecule has 0 N–H and O–H groups in total. The molecule has 0 spiro atoms. The summed E-state index contributed by atoms with van der Waals surface area (Å²) in [5.74, 6) is 0.558.